The van der Waals surface area contributed by atoms with E-state index < -0.39 is 9.84 Å². The summed E-state index contributed by atoms with van der Waals surface area (Å²) in [6.45, 7) is 4.17. The number of ether oxygens (including phenoxy) is 1. The van der Waals surface area contributed by atoms with Gasteiger partial charge in [-0.1, -0.05) is 0 Å². The van der Waals surface area contributed by atoms with Crippen molar-refractivity contribution in [3.05, 3.63) is 0 Å². The second kappa shape index (κ2) is 6.11. The molecule has 0 bridgehead atoms. The van der Waals surface area contributed by atoms with E-state index in [1.54, 1.807) is 0 Å². The molecule has 0 unspecified atom stereocenters. The number of hydrogen-bond acceptors (Lipinski definition) is 5. The molecule has 0 saturated carbocycles. The van der Waals surface area contributed by atoms with Crippen LogP contribution in [0.2, 0.25) is 0 Å². The number of nitrogens with zero attached hydrogens (tertiary/aromatic N) is 1. The van der Waals surface area contributed by atoms with Gasteiger partial charge in [-0.25, -0.2) is 8.42 Å². The Morgan fingerprint density at radius 1 is 1.17 bits per heavy atom. The first-order chi connectivity index (χ1) is 8.55. The molecule has 0 atom stereocenters. The first kappa shape index (κ1) is 14.6. The quantitative estimate of drug-likeness (QED) is 0.783. The molecule has 0 radical (unpaired) electrons. The summed E-state index contributed by atoms with van der Waals surface area (Å²) >= 11 is 4.51. The van der Waals surface area contributed by atoms with Crippen LogP contribution in [0.4, 0.5) is 0 Å². The van der Waals surface area contributed by atoms with E-state index in [1.165, 1.54) is 0 Å². The van der Waals surface area contributed by atoms with Crippen LogP contribution < -0.4 is 0 Å². The van der Waals surface area contributed by atoms with Gasteiger partial charge in [-0.05, 0) is 37.0 Å². The molecule has 6 heteroatoms. The standard InChI is InChI=1S/C12H23NO3S2/c14-18(15)8-1-4-13(5-9-18)10-12(11-17)2-6-16-7-3-12/h17H,1-11H2. The van der Waals surface area contributed by atoms with E-state index in [0.29, 0.717) is 18.1 Å². The lowest BCUT2D eigenvalue weighted by molar-refractivity contribution is 0.00888. The summed E-state index contributed by atoms with van der Waals surface area (Å²) in [5.74, 6) is 1.52. The first-order valence-electron chi connectivity index (χ1n) is 6.67. The average Bonchev–Trinajstić information content (AvgIpc) is 2.52. The van der Waals surface area contributed by atoms with E-state index in [9.17, 15) is 8.42 Å². The number of hydrogen-bond donors (Lipinski definition) is 1. The van der Waals surface area contributed by atoms with Gasteiger partial charge in [-0.3, -0.25) is 0 Å². The lowest BCUT2D eigenvalue weighted by atomic mass is 9.81. The summed E-state index contributed by atoms with van der Waals surface area (Å²) in [6.07, 6.45) is 2.85. The molecule has 0 aliphatic carbocycles. The summed E-state index contributed by atoms with van der Waals surface area (Å²) in [4.78, 5) is 2.31. The summed E-state index contributed by atoms with van der Waals surface area (Å²) in [5.41, 5.74) is 0.218. The van der Waals surface area contributed by atoms with E-state index in [0.717, 1.165) is 51.3 Å². The molecule has 4 nitrogen and oxygen atoms in total. The van der Waals surface area contributed by atoms with Crippen molar-refractivity contribution in [1.29, 1.82) is 0 Å². The van der Waals surface area contributed by atoms with Gasteiger partial charge in [0.1, 0.15) is 0 Å². The Hall–Kier alpha value is 0.220. The van der Waals surface area contributed by atoms with Gasteiger partial charge in [0, 0.05) is 26.3 Å². The Kier molecular flexibility index (Phi) is 4.97. The van der Waals surface area contributed by atoms with Gasteiger partial charge in [-0.15, -0.1) is 0 Å². The summed E-state index contributed by atoms with van der Waals surface area (Å²) in [6, 6.07) is 0. The molecule has 0 aromatic heterocycles. The Labute approximate surface area is 115 Å². The number of rotatable bonds is 3. The fourth-order valence-corrected chi connectivity index (χ4v) is 4.52. The van der Waals surface area contributed by atoms with Gasteiger partial charge in [0.2, 0.25) is 0 Å². The van der Waals surface area contributed by atoms with Gasteiger partial charge >= 0.3 is 0 Å². The maximum absolute atomic E-state index is 11.6. The minimum atomic E-state index is -2.80. The number of thiol groups is 1. The zero-order valence-corrected chi connectivity index (χ0v) is 12.5. The molecule has 18 heavy (non-hydrogen) atoms. The smallest absolute Gasteiger partial charge is 0.151 e. The largest absolute Gasteiger partial charge is 0.381 e. The lowest BCUT2D eigenvalue weighted by Gasteiger charge is -2.39. The zero-order valence-electron chi connectivity index (χ0n) is 10.8. The second-order valence-electron chi connectivity index (χ2n) is 5.55. The van der Waals surface area contributed by atoms with Crippen molar-refractivity contribution >= 4 is 22.5 Å². The van der Waals surface area contributed by atoms with Gasteiger partial charge in [0.25, 0.3) is 0 Å². The molecular formula is C12H23NO3S2. The van der Waals surface area contributed by atoms with E-state index in [4.69, 9.17) is 4.74 Å². The maximum atomic E-state index is 11.6. The van der Waals surface area contributed by atoms with Crippen molar-refractivity contribution in [2.75, 3.05) is 50.1 Å². The predicted molar refractivity (Wildman–Crippen MR) is 76.0 cm³/mol. The van der Waals surface area contributed by atoms with Crippen LogP contribution in [0.15, 0.2) is 0 Å². The van der Waals surface area contributed by atoms with Crippen LogP contribution in [-0.4, -0.2) is 63.4 Å². The molecule has 2 heterocycles. The summed E-state index contributed by atoms with van der Waals surface area (Å²) < 4.78 is 28.6. The topological polar surface area (TPSA) is 46.6 Å². The maximum Gasteiger partial charge on any atom is 0.151 e. The van der Waals surface area contributed by atoms with Crippen molar-refractivity contribution in [1.82, 2.24) is 4.90 Å². The second-order valence-corrected chi connectivity index (χ2v) is 8.17. The van der Waals surface area contributed by atoms with E-state index in [1.807, 2.05) is 0 Å². The van der Waals surface area contributed by atoms with Crippen molar-refractivity contribution in [2.45, 2.75) is 19.3 Å². The van der Waals surface area contributed by atoms with Crippen LogP contribution in [-0.2, 0) is 14.6 Å². The Balaban J connectivity index is 1.95. The lowest BCUT2D eigenvalue weighted by Crippen LogP contribution is -2.43. The first-order valence-corrected chi connectivity index (χ1v) is 9.12. The van der Waals surface area contributed by atoms with Crippen LogP contribution in [0.3, 0.4) is 0 Å². The fraction of sp³-hybridized carbons (Fsp3) is 1.00. The third kappa shape index (κ3) is 3.85. The van der Waals surface area contributed by atoms with Crippen molar-refractivity contribution in [2.24, 2.45) is 5.41 Å². The van der Waals surface area contributed by atoms with Crippen LogP contribution in [0.5, 0.6) is 0 Å². The van der Waals surface area contributed by atoms with Gasteiger partial charge in [-0.2, -0.15) is 12.6 Å². The van der Waals surface area contributed by atoms with E-state index in [2.05, 4.69) is 17.5 Å². The minimum Gasteiger partial charge on any atom is -0.381 e. The van der Waals surface area contributed by atoms with Crippen molar-refractivity contribution in [3.8, 4) is 0 Å². The molecule has 2 saturated heterocycles. The SMILES string of the molecule is O=S1(=O)CCCN(CC2(CS)CCOCC2)CC1. The van der Waals surface area contributed by atoms with Crippen LogP contribution in [0.25, 0.3) is 0 Å². The number of sulfone groups is 1. The Morgan fingerprint density at radius 2 is 1.89 bits per heavy atom. The normalized spacial score (nSPS) is 28.7. The van der Waals surface area contributed by atoms with Gasteiger partial charge in [0.05, 0.1) is 11.5 Å². The molecule has 2 rings (SSSR count). The van der Waals surface area contributed by atoms with Gasteiger partial charge < -0.3 is 9.64 Å². The molecule has 0 aromatic rings. The zero-order chi connectivity index (χ0) is 13.1. The molecule has 0 aromatic carbocycles. The average molecular weight is 293 g/mol. The molecule has 0 spiro atoms. The van der Waals surface area contributed by atoms with Crippen LogP contribution >= 0.6 is 12.6 Å². The highest BCUT2D eigenvalue weighted by Crippen LogP contribution is 2.33. The van der Waals surface area contributed by atoms with E-state index >= 15 is 0 Å². The molecule has 106 valence electrons. The molecule has 2 aliphatic rings. The highest BCUT2D eigenvalue weighted by Gasteiger charge is 2.34. The predicted octanol–water partition coefficient (Wildman–Crippen LogP) is 0.834. The molecule has 2 fully saturated rings. The minimum absolute atomic E-state index is 0.218. The third-order valence-corrected chi connectivity index (χ3v) is 6.48. The fourth-order valence-electron chi connectivity index (χ4n) is 2.79. The van der Waals surface area contributed by atoms with Crippen LogP contribution in [0.1, 0.15) is 19.3 Å². The highest BCUT2D eigenvalue weighted by atomic mass is 32.2. The molecule has 0 N–H and O–H groups in total. The Morgan fingerprint density at radius 3 is 2.56 bits per heavy atom. The Bertz CT molecular complexity index is 364. The van der Waals surface area contributed by atoms with Crippen LogP contribution in [0, 0.1) is 5.41 Å². The summed E-state index contributed by atoms with van der Waals surface area (Å²) in [5, 5.41) is 0. The van der Waals surface area contributed by atoms with Gasteiger partial charge in [0.15, 0.2) is 9.84 Å². The molecule has 2 aliphatic heterocycles. The highest BCUT2D eigenvalue weighted by molar-refractivity contribution is 7.91. The molecule has 0 amide bonds. The van der Waals surface area contributed by atoms with Crippen molar-refractivity contribution in [3.63, 3.8) is 0 Å². The molecular weight excluding hydrogens is 270 g/mol. The third-order valence-electron chi connectivity index (χ3n) is 4.10. The summed E-state index contributed by atoms with van der Waals surface area (Å²) in [7, 11) is -2.80. The van der Waals surface area contributed by atoms with E-state index in [-0.39, 0.29) is 5.41 Å². The van der Waals surface area contributed by atoms with Crippen molar-refractivity contribution < 1.29 is 13.2 Å². The monoisotopic (exact) mass is 293 g/mol.